The molecule has 0 aliphatic carbocycles. The number of nitro groups is 1. The van der Waals surface area contributed by atoms with E-state index in [4.69, 9.17) is 4.74 Å². The van der Waals surface area contributed by atoms with Crippen LogP contribution in [0.4, 0.5) is 5.69 Å². The van der Waals surface area contributed by atoms with Gasteiger partial charge in [-0.05, 0) is 12.8 Å². The largest absolute Gasteiger partial charge is 0.396 e. The summed E-state index contributed by atoms with van der Waals surface area (Å²) in [6, 6.07) is 6.62. The summed E-state index contributed by atoms with van der Waals surface area (Å²) in [6.07, 6.45) is 1.56. The molecule has 8 heteroatoms. The first-order valence-electron chi connectivity index (χ1n) is 7.96. The highest BCUT2D eigenvalue weighted by molar-refractivity contribution is 5.79. The molecule has 132 valence electrons. The molecule has 1 heterocycles. The van der Waals surface area contributed by atoms with Crippen LogP contribution in [-0.4, -0.2) is 49.4 Å². The molecule has 0 radical (unpaired) electrons. The fraction of sp³-hybridized carbons (Fsp3) is 0.562. The maximum atomic E-state index is 11.0. The van der Waals surface area contributed by atoms with Gasteiger partial charge in [0.1, 0.15) is 0 Å². The van der Waals surface area contributed by atoms with Gasteiger partial charge in [0.25, 0.3) is 5.69 Å². The molecule has 1 aliphatic rings. The molecule has 0 spiro atoms. The zero-order chi connectivity index (χ0) is 17.4. The van der Waals surface area contributed by atoms with Crippen LogP contribution in [0.5, 0.6) is 0 Å². The lowest BCUT2D eigenvalue weighted by molar-refractivity contribution is -0.385. The van der Waals surface area contributed by atoms with E-state index in [9.17, 15) is 15.2 Å². The van der Waals surface area contributed by atoms with Crippen LogP contribution in [0.25, 0.3) is 0 Å². The van der Waals surface area contributed by atoms with Crippen LogP contribution in [0.2, 0.25) is 0 Å². The minimum atomic E-state index is -0.390. The van der Waals surface area contributed by atoms with E-state index in [1.54, 1.807) is 25.2 Å². The minimum Gasteiger partial charge on any atom is -0.396 e. The predicted octanol–water partition coefficient (Wildman–Crippen LogP) is 1.05. The lowest BCUT2D eigenvalue weighted by Gasteiger charge is -2.27. The van der Waals surface area contributed by atoms with Crippen molar-refractivity contribution in [2.24, 2.45) is 10.4 Å². The van der Waals surface area contributed by atoms with Gasteiger partial charge in [-0.1, -0.05) is 18.2 Å². The number of aliphatic hydroxyl groups is 1. The third kappa shape index (κ3) is 4.65. The maximum absolute atomic E-state index is 11.0. The zero-order valence-corrected chi connectivity index (χ0v) is 13.8. The third-order valence-corrected chi connectivity index (χ3v) is 4.32. The molecule has 24 heavy (non-hydrogen) atoms. The van der Waals surface area contributed by atoms with E-state index in [0.717, 1.165) is 6.42 Å². The van der Waals surface area contributed by atoms with Crippen molar-refractivity contribution in [3.05, 3.63) is 39.9 Å². The van der Waals surface area contributed by atoms with Gasteiger partial charge in [-0.25, -0.2) is 0 Å². The van der Waals surface area contributed by atoms with E-state index in [2.05, 4.69) is 15.6 Å². The molecule has 0 amide bonds. The van der Waals surface area contributed by atoms with Crippen LogP contribution >= 0.6 is 0 Å². The number of hydrogen-bond donors (Lipinski definition) is 3. The first kappa shape index (κ1) is 18.2. The van der Waals surface area contributed by atoms with Crippen molar-refractivity contribution >= 4 is 11.6 Å². The Labute approximate surface area is 141 Å². The smallest absolute Gasteiger partial charge is 0.274 e. The molecule has 1 aliphatic heterocycles. The van der Waals surface area contributed by atoms with Crippen LogP contribution in [-0.2, 0) is 11.3 Å². The number of aliphatic hydroxyl groups excluding tert-OH is 1. The average molecular weight is 336 g/mol. The molecule has 2 rings (SSSR count). The minimum absolute atomic E-state index is 0.0846. The summed E-state index contributed by atoms with van der Waals surface area (Å²) in [5.41, 5.74) is 0.589. The molecular formula is C16H24N4O4. The Morgan fingerprint density at radius 2 is 2.25 bits per heavy atom. The highest BCUT2D eigenvalue weighted by Crippen LogP contribution is 2.31. The van der Waals surface area contributed by atoms with Crippen LogP contribution in [0, 0.1) is 15.5 Å². The molecule has 3 N–H and O–H groups in total. The van der Waals surface area contributed by atoms with E-state index in [1.807, 2.05) is 0 Å². The predicted molar refractivity (Wildman–Crippen MR) is 90.9 cm³/mol. The summed E-state index contributed by atoms with van der Waals surface area (Å²) < 4.78 is 5.46. The Morgan fingerprint density at radius 3 is 2.88 bits per heavy atom. The number of nitro benzene ring substituents is 1. The van der Waals surface area contributed by atoms with Gasteiger partial charge in [0.15, 0.2) is 5.96 Å². The van der Waals surface area contributed by atoms with Crippen molar-refractivity contribution in [2.45, 2.75) is 19.4 Å². The number of rotatable bonds is 7. The van der Waals surface area contributed by atoms with Crippen molar-refractivity contribution < 1.29 is 14.8 Å². The van der Waals surface area contributed by atoms with Crippen LogP contribution in [0.3, 0.4) is 0 Å². The lowest BCUT2D eigenvalue weighted by Crippen LogP contribution is -2.44. The normalized spacial score (nSPS) is 20.8. The maximum Gasteiger partial charge on any atom is 0.274 e. The number of para-hydroxylation sites is 1. The van der Waals surface area contributed by atoms with Crippen molar-refractivity contribution in [1.82, 2.24) is 10.6 Å². The molecule has 1 saturated heterocycles. The van der Waals surface area contributed by atoms with Crippen molar-refractivity contribution in [1.29, 1.82) is 0 Å². The summed E-state index contributed by atoms with van der Waals surface area (Å²) >= 11 is 0. The second-order valence-corrected chi connectivity index (χ2v) is 5.94. The molecule has 8 nitrogen and oxygen atoms in total. The SMILES string of the molecule is CN=C(NCc1ccccc1[N+](=O)[O-])NCC1(CCO)CCOC1. The van der Waals surface area contributed by atoms with Crippen LogP contribution < -0.4 is 10.6 Å². The molecule has 1 fully saturated rings. The zero-order valence-electron chi connectivity index (χ0n) is 13.8. The second kappa shape index (κ2) is 8.60. The summed E-state index contributed by atoms with van der Waals surface area (Å²) in [7, 11) is 1.65. The Bertz CT molecular complexity index is 585. The van der Waals surface area contributed by atoms with Gasteiger partial charge >= 0.3 is 0 Å². The fourth-order valence-corrected chi connectivity index (χ4v) is 2.82. The number of nitrogens with one attached hydrogen (secondary N) is 2. The van der Waals surface area contributed by atoms with Crippen LogP contribution in [0.15, 0.2) is 29.3 Å². The number of hydrogen-bond acceptors (Lipinski definition) is 5. The monoisotopic (exact) mass is 336 g/mol. The number of aliphatic imine (C=N–C) groups is 1. The Kier molecular flexibility index (Phi) is 6.51. The van der Waals surface area contributed by atoms with E-state index in [1.165, 1.54) is 6.07 Å². The molecule has 0 bridgehead atoms. The van der Waals surface area contributed by atoms with Gasteiger partial charge in [-0.3, -0.25) is 15.1 Å². The molecular weight excluding hydrogens is 312 g/mol. The summed E-state index contributed by atoms with van der Waals surface area (Å²) in [5.74, 6) is 0.567. The average Bonchev–Trinajstić information content (AvgIpc) is 3.04. The Morgan fingerprint density at radius 1 is 1.46 bits per heavy atom. The number of guanidine groups is 1. The summed E-state index contributed by atoms with van der Waals surface area (Å²) in [4.78, 5) is 14.8. The fourth-order valence-electron chi connectivity index (χ4n) is 2.82. The Hall–Kier alpha value is -2.19. The topological polar surface area (TPSA) is 109 Å². The molecule has 1 aromatic rings. The molecule has 1 atom stereocenters. The number of nitrogens with zero attached hydrogens (tertiary/aromatic N) is 2. The van der Waals surface area contributed by atoms with Gasteiger partial charge in [0.05, 0.1) is 11.5 Å². The van der Waals surface area contributed by atoms with Gasteiger partial charge < -0.3 is 20.5 Å². The summed E-state index contributed by atoms with van der Waals surface area (Å²) in [5, 5.41) is 26.6. The van der Waals surface area contributed by atoms with Gasteiger partial charge in [-0.2, -0.15) is 0 Å². The molecule has 0 saturated carbocycles. The van der Waals surface area contributed by atoms with Crippen molar-refractivity contribution in [3.63, 3.8) is 0 Å². The highest BCUT2D eigenvalue weighted by Gasteiger charge is 2.34. The van der Waals surface area contributed by atoms with Gasteiger partial charge in [-0.15, -0.1) is 0 Å². The first-order chi connectivity index (χ1) is 11.6. The van der Waals surface area contributed by atoms with E-state index in [-0.39, 0.29) is 22.6 Å². The van der Waals surface area contributed by atoms with E-state index < -0.39 is 0 Å². The van der Waals surface area contributed by atoms with Crippen LogP contribution in [0.1, 0.15) is 18.4 Å². The quantitative estimate of drug-likeness (QED) is 0.297. The highest BCUT2D eigenvalue weighted by atomic mass is 16.6. The van der Waals surface area contributed by atoms with E-state index >= 15 is 0 Å². The number of benzene rings is 1. The van der Waals surface area contributed by atoms with Gasteiger partial charge in [0, 0.05) is 50.4 Å². The number of ether oxygens (including phenoxy) is 1. The lowest BCUT2D eigenvalue weighted by atomic mass is 9.84. The molecule has 1 unspecified atom stereocenters. The molecule has 1 aromatic carbocycles. The van der Waals surface area contributed by atoms with Crippen molar-refractivity contribution in [3.8, 4) is 0 Å². The first-order valence-corrected chi connectivity index (χ1v) is 7.96. The summed E-state index contributed by atoms with van der Waals surface area (Å²) in [6.45, 7) is 2.36. The standard InChI is InChI=1S/C16H24N4O4/c1-17-15(19-11-16(6-8-21)7-9-24-12-16)18-10-13-4-2-3-5-14(13)20(22)23/h2-5,21H,6-12H2,1H3,(H2,17,18,19). The van der Waals surface area contributed by atoms with E-state index in [0.29, 0.717) is 44.2 Å². The second-order valence-electron chi connectivity index (χ2n) is 5.94. The van der Waals surface area contributed by atoms with Crippen molar-refractivity contribution in [2.75, 3.05) is 33.4 Å². The van der Waals surface area contributed by atoms with Gasteiger partial charge in [0.2, 0.25) is 0 Å². The third-order valence-electron chi connectivity index (χ3n) is 4.32. The molecule has 0 aromatic heterocycles. The Balaban J connectivity index is 1.92.